The van der Waals surface area contributed by atoms with Gasteiger partial charge < -0.3 is 14.9 Å². The molecule has 3 aliphatic rings. The molecule has 0 radical (unpaired) electrons. The lowest BCUT2D eigenvalue weighted by Crippen LogP contribution is -2.46. The predicted octanol–water partition coefficient (Wildman–Crippen LogP) is 0.536. The molecule has 0 aromatic carbocycles. The molecule has 3 amide bonds. The lowest BCUT2D eigenvalue weighted by atomic mass is 9.92. The third-order valence-corrected chi connectivity index (χ3v) is 6.59. The molecule has 0 spiro atoms. The van der Waals surface area contributed by atoms with E-state index >= 15 is 0 Å². The zero-order valence-corrected chi connectivity index (χ0v) is 17.3. The van der Waals surface area contributed by atoms with Gasteiger partial charge in [-0.05, 0) is 44.2 Å². The summed E-state index contributed by atoms with van der Waals surface area (Å²) in [5, 5.41) is 19.9. The van der Waals surface area contributed by atoms with Crippen molar-refractivity contribution in [2.75, 3.05) is 31.1 Å². The van der Waals surface area contributed by atoms with Gasteiger partial charge in [0.15, 0.2) is 5.82 Å². The van der Waals surface area contributed by atoms with Crippen LogP contribution in [0.4, 0.5) is 5.82 Å². The number of anilines is 1. The maximum absolute atomic E-state index is 12.8. The van der Waals surface area contributed by atoms with E-state index in [0.29, 0.717) is 76.2 Å². The summed E-state index contributed by atoms with van der Waals surface area (Å²) in [6.45, 7) is 2.41. The summed E-state index contributed by atoms with van der Waals surface area (Å²) in [6, 6.07) is 3.62. The number of amides is 3. The normalized spacial score (nSPS) is 23.5. The third kappa shape index (κ3) is 4.67. The molecule has 0 bridgehead atoms. The number of carbonyl (C=O) groups is 4. The molecular weight excluding hydrogens is 402 g/mol. The molecule has 3 saturated heterocycles. The van der Waals surface area contributed by atoms with Crippen molar-refractivity contribution in [2.45, 2.75) is 44.4 Å². The lowest BCUT2D eigenvalue weighted by Gasteiger charge is -2.36. The Labute approximate surface area is 180 Å². The number of rotatable bonds is 4. The standard InChI is InChI=1S/C21H27N5O5/c27-18-4-1-15(19(28)22-18)16-2-3-17(24-23-16)25-9-5-13(6-10-25)20(29)26-11-7-14(8-12-26)21(30)31/h2-3,13-15H,1,4-12H2,(H,30,31)(H,22,27,28)/t15-/m1/s1. The van der Waals surface area contributed by atoms with Crippen molar-refractivity contribution in [2.24, 2.45) is 11.8 Å². The first-order chi connectivity index (χ1) is 14.9. The number of hydrogen-bond acceptors (Lipinski definition) is 7. The molecule has 1 atom stereocenters. The molecule has 10 nitrogen and oxygen atoms in total. The van der Waals surface area contributed by atoms with Crippen LogP contribution in [0.25, 0.3) is 0 Å². The molecule has 10 heteroatoms. The fourth-order valence-corrected chi connectivity index (χ4v) is 4.63. The second kappa shape index (κ2) is 8.99. The Balaban J connectivity index is 1.29. The molecule has 0 saturated carbocycles. The number of aliphatic carboxylic acids is 1. The Morgan fingerprint density at radius 1 is 0.935 bits per heavy atom. The minimum atomic E-state index is -0.773. The topological polar surface area (TPSA) is 133 Å². The van der Waals surface area contributed by atoms with Crippen molar-refractivity contribution in [3.63, 3.8) is 0 Å². The molecule has 3 fully saturated rings. The van der Waals surface area contributed by atoms with Crippen LogP contribution in [0.2, 0.25) is 0 Å². The van der Waals surface area contributed by atoms with Gasteiger partial charge in [-0.25, -0.2) is 0 Å². The van der Waals surface area contributed by atoms with Crippen LogP contribution in [0.5, 0.6) is 0 Å². The summed E-state index contributed by atoms with van der Waals surface area (Å²) in [7, 11) is 0. The van der Waals surface area contributed by atoms with E-state index in [1.165, 1.54) is 0 Å². The first-order valence-electron chi connectivity index (χ1n) is 10.9. The van der Waals surface area contributed by atoms with E-state index in [1.807, 2.05) is 11.0 Å². The monoisotopic (exact) mass is 429 g/mol. The van der Waals surface area contributed by atoms with Gasteiger partial charge in [0.2, 0.25) is 17.7 Å². The summed E-state index contributed by atoms with van der Waals surface area (Å²) < 4.78 is 0. The van der Waals surface area contributed by atoms with Gasteiger partial charge in [0.05, 0.1) is 17.5 Å². The summed E-state index contributed by atoms with van der Waals surface area (Å²) in [4.78, 5) is 51.1. The van der Waals surface area contributed by atoms with Gasteiger partial charge in [-0.1, -0.05) is 0 Å². The van der Waals surface area contributed by atoms with E-state index in [9.17, 15) is 19.2 Å². The predicted molar refractivity (Wildman–Crippen MR) is 109 cm³/mol. The van der Waals surface area contributed by atoms with E-state index in [-0.39, 0.29) is 29.6 Å². The molecule has 2 N–H and O–H groups in total. The highest BCUT2D eigenvalue weighted by atomic mass is 16.4. The highest BCUT2D eigenvalue weighted by Crippen LogP contribution is 2.27. The molecule has 4 heterocycles. The number of nitrogens with zero attached hydrogens (tertiary/aromatic N) is 4. The van der Waals surface area contributed by atoms with Gasteiger partial charge in [0, 0.05) is 38.5 Å². The number of aromatic nitrogens is 2. The Bertz CT molecular complexity index is 857. The van der Waals surface area contributed by atoms with Crippen molar-refractivity contribution in [1.82, 2.24) is 20.4 Å². The average Bonchev–Trinajstić information content (AvgIpc) is 2.79. The fourth-order valence-electron chi connectivity index (χ4n) is 4.63. The minimum Gasteiger partial charge on any atom is -0.481 e. The number of carboxylic acid groups (broad SMARTS) is 1. The maximum Gasteiger partial charge on any atom is 0.306 e. The number of carboxylic acids is 1. The summed E-state index contributed by atoms with van der Waals surface area (Å²) in [5.41, 5.74) is 0.559. The Hall–Kier alpha value is -3.04. The number of likely N-dealkylation sites (tertiary alicyclic amines) is 1. The number of nitrogens with one attached hydrogen (secondary N) is 1. The van der Waals surface area contributed by atoms with Gasteiger partial charge in [-0.2, -0.15) is 5.10 Å². The minimum absolute atomic E-state index is 0.0478. The van der Waals surface area contributed by atoms with Gasteiger partial charge in [0.1, 0.15) is 0 Å². The molecule has 1 aromatic heterocycles. The van der Waals surface area contributed by atoms with Crippen LogP contribution in [0.1, 0.15) is 50.1 Å². The van der Waals surface area contributed by atoms with Crippen molar-refractivity contribution in [3.05, 3.63) is 17.8 Å². The van der Waals surface area contributed by atoms with E-state index in [2.05, 4.69) is 20.4 Å². The van der Waals surface area contributed by atoms with E-state index < -0.39 is 11.9 Å². The molecule has 166 valence electrons. The van der Waals surface area contributed by atoms with Crippen molar-refractivity contribution >= 4 is 29.5 Å². The van der Waals surface area contributed by atoms with Crippen LogP contribution in [-0.2, 0) is 19.2 Å². The quantitative estimate of drug-likeness (QED) is 0.663. The van der Waals surface area contributed by atoms with Gasteiger partial charge in [-0.15, -0.1) is 5.10 Å². The van der Waals surface area contributed by atoms with E-state index in [4.69, 9.17) is 5.11 Å². The molecule has 1 aromatic rings. The van der Waals surface area contributed by atoms with Crippen LogP contribution >= 0.6 is 0 Å². The summed E-state index contributed by atoms with van der Waals surface area (Å²) >= 11 is 0. The van der Waals surface area contributed by atoms with Gasteiger partial charge in [-0.3, -0.25) is 24.5 Å². The van der Waals surface area contributed by atoms with Gasteiger partial charge in [0.25, 0.3) is 0 Å². The Morgan fingerprint density at radius 3 is 2.19 bits per heavy atom. The summed E-state index contributed by atoms with van der Waals surface area (Å²) in [6.07, 6.45) is 3.22. The van der Waals surface area contributed by atoms with Crippen molar-refractivity contribution in [1.29, 1.82) is 0 Å². The number of imide groups is 1. The maximum atomic E-state index is 12.8. The Kier molecular flexibility index (Phi) is 6.15. The smallest absolute Gasteiger partial charge is 0.306 e. The molecular formula is C21H27N5O5. The molecule has 4 rings (SSSR count). The first-order valence-corrected chi connectivity index (χ1v) is 10.9. The second-order valence-corrected chi connectivity index (χ2v) is 8.52. The summed E-state index contributed by atoms with van der Waals surface area (Å²) in [5.74, 6) is -1.36. The average molecular weight is 429 g/mol. The van der Waals surface area contributed by atoms with E-state index in [0.717, 1.165) is 0 Å². The van der Waals surface area contributed by atoms with Crippen LogP contribution in [0.15, 0.2) is 12.1 Å². The molecule has 0 unspecified atom stereocenters. The zero-order valence-electron chi connectivity index (χ0n) is 17.3. The van der Waals surface area contributed by atoms with Gasteiger partial charge >= 0.3 is 5.97 Å². The molecule has 0 aliphatic carbocycles. The number of piperidine rings is 3. The highest BCUT2D eigenvalue weighted by Gasteiger charge is 2.33. The van der Waals surface area contributed by atoms with Crippen molar-refractivity contribution < 1.29 is 24.3 Å². The fraction of sp³-hybridized carbons (Fsp3) is 0.619. The van der Waals surface area contributed by atoms with Crippen LogP contribution in [0, 0.1) is 11.8 Å². The largest absolute Gasteiger partial charge is 0.481 e. The lowest BCUT2D eigenvalue weighted by molar-refractivity contribution is -0.147. The second-order valence-electron chi connectivity index (χ2n) is 8.52. The SMILES string of the molecule is O=C1CC[C@H](c2ccc(N3CCC(C(=O)N4CCC(C(=O)O)CC4)CC3)nn2)C(=O)N1. The molecule has 31 heavy (non-hydrogen) atoms. The van der Waals surface area contributed by atoms with Crippen LogP contribution < -0.4 is 10.2 Å². The van der Waals surface area contributed by atoms with Crippen LogP contribution in [-0.4, -0.2) is 70.1 Å². The highest BCUT2D eigenvalue weighted by molar-refractivity contribution is 6.00. The number of hydrogen-bond donors (Lipinski definition) is 2. The zero-order chi connectivity index (χ0) is 22.0. The Morgan fingerprint density at radius 2 is 1.61 bits per heavy atom. The number of carbonyl (C=O) groups excluding carboxylic acids is 3. The van der Waals surface area contributed by atoms with Crippen LogP contribution in [0.3, 0.4) is 0 Å². The van der Waals surface area contributed by atoms with E-state index in [1.54, 1.807) is 6.07 Å². The first kappa shape index (κ1) is 21.2. The van der Waals surface area contributed by atoms with Crippen molar-refractivity contribution in [3.8, 4) is 0 Å². The third-order valence-electron chi connectivity index (χ3n) is 6.59. The molecule has 3 aliphatic heterocycles.